The van der Waals surface area contributed by atoms with Gasteiger partial charge in [-0.2, -0.15) is 0 Å². The minimum Gasteiger partial charge on any atom is -0.492 e. The van der Waals surface area contributed by atoms with Crippen molar-refractivity contribution >= 4 is 17.1 Å². The van der Waals surface area contributed by atoms with Crippen molar-refractivity contribution in [3.63, 3.8) is 0 Å². The molecule has 3 heterocycles. The van der Waals surface area contributed by atoms with Crippen LogP contribution in [0.5, 0.6) is 0 Å². The smallest absolute Gasteiger partial charge is 0.165 e. The summed E-state index contributed by atoms with van der Waals surface area (Å²) in [6, 6.07) is 2.19. The van der Waals surface area contributed by atoms with Gasteiger partial charge in [-0.15, -0.1) is 11.3 Å². The number of aryl methyl sites for hydroxylation is 1. The van der Waals surface area contributed by atoms with E-state index in [4.69, 9.17) is 9.47 Å². The summed E-state index contributed by atoms with van der Waals surface area (Å²) in [5.41, 5.74) is 1.35. The van der Waals surface area contributed by atoms with Crippen molar-refractivity contribution in [1.82, 2.24) is 0 Å². The van der Waals surface area contributed by atoms with Gasteiger partial charge in [0.05, 0.1) is 24.0 Å². The van der Waals surface area contributed by atoms with Gasteiger partial charge in [0.2, 0.25) is 0 Å². The van der Waals surface area contributed by atoms with Gasteiger partial charge in [0, 0.05) is 11.0 Å². The second-order valence-electron chi connectivity index (χ2n) is 5.85. The molecule has 0 saturated carbocycles. The first-order chi connectivity index (χ1) is 9.76. The average molecular weight is 290 g/mol. The number of rotatable bonds is 4. The summed E-state index contributed by atoms with van der Waals surface area (Å²) in [6.07, 6.45) is 5.22. The van der Waals surface area contributed by atoms with Gasteiger partial charge in [0.1, 0.15) is 12.4 Å². The third-order valence-corrected chi connectivity index (χ3v) is 5.67. The monoisotopic (exact) mass is 290 g/mol. The Labute approximate surface area is 122 Å². The van der Waals surface area contributed by atoms with Crippen molar-refractivity contribution in [1.29, 1.82) is 0 Å². The third-order valence-electron chi connectivity index (χ3n) is 4.71. The van der Waals surface area contributed by atoms with E-state index in [0.717, 1.165) is 25.0 Å². The molecule has 2 fully saturated rings. The lowest BCUT2D eigenvalue weighted by atomic mass is 9.80. The zero-order valence-electron chi connectivity index (χ0n) is 11.5. The number of thiophene rings is 1. The predicted octanol–water partition coefficient (Wildman–Crippen LogP) is 3.09. The van der Waals surface area contributed by atoms with Gasteiger partial charge in [0.25, 0.3) is 0 Å². The molecule has 0 radical (unpaired) electrons. The molecule has 4 atom stereocenters. The molecule has 3 aliphatic rings. The summed E-state index contributed by atoms with van der Waals surface area (Å²) >= 11 is 1.73. The van der Waals surface area contributed by atoms with Crippen LogP contribution in [0.4, 0.5) is 0 Å². The van der Waals surface area contributed by atoms with Gasteiger partial charge in [-0.1, -0.05) is 6.92 Å². The van der Waals surface area contributed by atoms with Crippen molar-refractivity contribution in [3.05, 3.63) is 33.7 Å². The van der Waals surface area contributed by atoms with E-state index in [9.17, 15) is 4.79 Å². The van der Waals surface area contributed by atoms with Gasteiger partial charge in [-0.05, 0) is 36.3 Å². The van der Waals surface area contributed by atoms with E-state index in [0.29, 0.717) is 6.61 Å². The molecule has 2 bridgehead atoms. The van der Waals surface area contributed by atoms with Crippen molar-refractivity contribution in [2.45, 2.75) is 45.0 Å². The zero-order chi connectivity index (χ0) is 13.7. The summed E-state index contributed by atoms with van der Waals surface area (Å²) in [5.74, 6) is 1.29. The van der Waals surface area contributed by atoms with Gasteiger partial charge >= 0.3 is 0 Å². The number of carbonyl (C=O) groups is 1. The maximum atomic E-state index is 12.1. The fourth-order valence-electron chi connectivity index (χ4n) is 3.71. The Hall–Kier alpha value is -1.13. The first-order valence-electron chi connectivity index (χ1n) is 7.36. The number of ketones is 1. The number of carbonyl (C=O) groups excluding carboxylic acids is 1. The Morgan fingerprint density at radius 2 is 2.15 bits per heavy atom. The molecule has 2 aliphatic heterocycles. The molecule has 1 aliphatic carbocycles. The molecule has 1 aromatic rings. The average Bonchev–Trinajstić information content (AvgIpc) is 3.19. The van der Waals surface area contributed by atoms with Crippen LogP contribution in [0, 0.1) is 11.8 Å². The van der Waals surface area contributed by atoms with Crippen LogP contribution >= 0.6 is 11.3 Å². The van der Waals surface area contributed by atoms with Gasteiger partial charge in [0.15, 0.2) is 5.78 Å². The summed E-state index contributed by atoms with van der Waals surface area (Å²) in [6.45, 7) is 2.73. The highest BCUT2D eigenvalue weighted by Crippen LogP contribution is 2.50. The number of allylic oxidation sites excluding steroid dienone is 1. The molecule has 0 N–H and O–H groups in total. The Morgan fingerprint density at radius 1 is 1.35 bits per heavy atom. The molecule has 0 spiro atoms. The normalized spacial score (nSPS) is 34.5. The van der Waals surface area contributed by atoms with E-state index in [2.05, 4.69) is 18.4 Å². The van der Waals surface area contributed by atoms with Crippen molar-refractivity contribution in [3.8, 4) is 0 Å². The molecule has 4 heteroatoms. The molecule has 1 aromatic heterocycles. The fourth-order valence-corrected chi connectivity index (χ4v) is 4.60. The largest absolute Gasteiger partial charge is 0.492 e. The van der Waals surface area contributed by atoms with Crippen LogP contribution in [-0.4, -0.2) is 18.0 Å². The highest BCUT2D eigenvalue weighted by Gasteiger charge is 2.56. The molecular weight excluding hydrogens is 272 g/mol. The molecule has 106 valence electrons. The lowest BCUT2D eigenvalue weighted by molar-refractivity contribution is -0.119. The number of fused-ring (bicyclic) bond motifs is 5. The summed E-state index contributed by atoms with van der Waals surface area (Å²) in [7, 11) is 0. The predicted molar refractivity (Wildman–Crippen MR) is 76.5 cm³/mol. The van der Waals surface area contributed by atoms with Crippen LogP contribution in [-0.2, 0) is 27.3 Å². The summed E-state index contributed by atoms with van der Waals surface area (Å²) < 4.78 is 11.8. The lowest BCUT2D eigenvalue weighted by Crippen LogP contribution is -2.29. The van der Waals surface area contributed by atoms with E-state index >= 15 is 0 Å². The summed E-state index contributed by atoms with van der Waals surface area (Å²) in [4.78, 5) is 13.3. The topological polar surface area (TPSA) is 35.5 Å². The van der Waals surface area contributed by atoms with Crippen molar-refractivity contribution in [2.75, 3.05) is 0 Å². The summed E-state index contributed by atoms with van der Waals surface area (Å²) in [5, 5.41) is 2.18. The molecule has 20 heavy (non-hydrogen) atoms. The maximum Gasteiger partial charge on any atom is 0.165 e. The zero-order valence-corrected chi connectivity index (χ0v) is 12.3. The molecule has 0 amide bonds. The number of ether oxygens (including phenoxy) is 2. The van der Waals surface area contributed by atoms with Crippen LogP contribution in [0.1, 0.15) is 30.2 Å². The number of hydrogen-bond donors (Lipinski definition) is 0. The highest BCUT2D eigenvalue weighted by molar-refractivity contribution is 7.10. The Bertz CT molecular complexity index is 574. The van der Waals surface area contributed by atoms with E-state index in [-0.39, 0.29) is 29.8 Å². The van der Waals surface area contributed by atoms with E-state index in [1.165, 1.54) is 10.4 Å². The van der Waals surface area contributed by atoms with Crippen LogP contribution < -0.4 is 0 Å². The van der Waals surface area contributed by atoms with Gasteiger partial charge in [-0.3, -0.25) is 4.79 Å². The van der Waals surface area contributed by atoms with E-state index in [1.54, 1.807) is 17.4 Å². The van der Waals surface area contributed by atoms with Gasteiger partial charge < -0.3 is 9.47 Å². The molecular formula is C16H18O3S. The van der Waals surface area contributed by atoms with Gasteiger partial charge in [-0.25, -0.2) is 0 Å². The Kier molecular flexibility index (Phi) is 2.97. The molecule has 2 saturated heterocycles. The van der Waals surface area contributed by atoms with E-state index < -0.39 is 0 Å². The Morgan fingerprint density at radius 3 is 2.90 bits per heavy atom. The third kappa shape index (κ3) is 1.85. The van der Waals surface area contributed by atoms with Crippen molar-refractivity contribution in [2.24, 2.45) is 11.8 Å². The van der Waals surface area contributed by atoms with E-state index in [1.807, 2.05) is 0 Å². The minimum absolute atomic E-state index is 0.0401. The SMILES string of the molecule is CCc1csc(COC2=CC(=O)[C@@H]3C4CCC(O4)[C@H]23)c1. The standard InChI is InChI=1S/C16H18O3S/c1-2-9-5-10(20-8-9)7-18-14-6-11(17)15-12-3-4-13(19-12)16(14)15/h5-6,8,12-13,15-16H,2-4,7H2,1H3/t12?,13?,15-,16-/m1/s1. The fraction of sp³-hybridized carbons (Fsp3) is 0.562. The second kappa shape index (κ2) is 4.71. The van der Waals surface area contributed by atoms with Crippen LogP contribution in [0.15, 0.2) is 23.3 Å². The van der Waals surface area contributed by atoms with Crippen LogP contribution in [0.3, 0.4) is 0 Å². The van der Waals surface area contributed by atoms with Crippen molar-refractivity contribution < 1.29 is 14.3 Å². The first-order valence-corrected chi connectivity index (χ1v) is 8.24. The molecule has 3 nitrogen and oxygen atoms in total. The first kappa shape index (κ1) is 12.6. The second-order valence-corrected chi connectivity index (χ2v) is 6.85. The lowest BCUT2D eigenvalue weighted by Gasteiger charge is -2.22. The number of hydrogen-bond acceptors (Lipinski definition) is 4. The molecule has 0 aromatic carbocycles. The van der Waals surface area contributed by atoms with Crippen LogP contribution in [0.2, 0.25) is 0 Å². The molecule has 2 unspecified atom stereocenters. The quantitative estimate of drug-likeness (QED) is 0.855. The Balaban J connectivity index is 1.46. The highest BCUT2D eigenvalue weighted by atomic mass is 32.1. The van der Waals surface area contributed by atoms with Crippen LogP contribution in [0.25, 0.3) is 0 Å². The molecule has 4 rings (SSSR count). The minimum atomic E-state index is 0.0401. The maximum absolute atomic E-state index is 12.1.